The Hall–Kier alpha value is -1.96. The van der Waals surface area contributed by atoms with Crippen LogP contribution in [0.25, 0.3) is 0 Å². The van der Waals surface area contributed by atoms with Crippen LogP contribution >= 0.6 is 0 Å². The summed E-state index contributed by atoms with van der Waals surface area (Å²) in [7, 11) is 1.63. The number of nitrogen functional groups attached to an aromatic ring is 1. The molecule has 2 rings (SSSR count). The number of nitrogens with two attached hydrogens (primary N) is 1. The second-order valence-electron chi connectivity index (χ2n) is 4.24. The maximum absolute atomic E-state index is 5.89. The van der Waals surface area contributed by atoms with Gasteiger partial charge in [-0.25, -0.2) is 0 Å². The van der Waals surface area contributed by atoms with Crippen LogP contribution in [0.1, 0.15) is 16.7 Å². The summed E-state index contributed by atoms with van der Waals surface area (Å²) >= 11 is 0. The maximum atomic E-state index is 5.89. The highest BCUT2D eigenvalue weighted by molar-refractivity contribution is 5.54. The molecule has 2 heteroatoms. The van der Waals surface area contributed by atoms with Crippen molar-refractivity contribution in [3.05, 3.63) is 59.2 Å². The Morgan fingerprint density at radius 3 is 2.47 bits per heavy atom. The summed E-state index contributed by atoms with van der Waals surface area (Å²) in [6.45, 7) is 2.10. The standard InChI is InChI=1S/C15H17NO/c1-11-4-3-5-12(8-11)9-13-6-7-15(17-2)14(16)10-13/h3-8,10H,9,16H2,1-2H3. The van der Waals surface area contributed by atoms with Crippen LogP contribution in [0.2, 0.25) is 0 Å². The molecule has 0 heterocycles. The molecule has 0 spiro atoms. The van der Waals surface area contributed by atoms with E-state index in [1.165, 1.54) is 16.7 Å². The molecular weight excluding hydrogens is 210 g/mol. The Labute approximate surface area is 102 Å². The third-order valence-electron chi connectivity index (χ3n) is 2.78. The molecule has 0 aromatic heterocycles. The zero-order valence-corrected chi connectivity index (χ0v) is 10.2. The third-order valence-corrected chi connectivity index (χ3v) is 2.78. The average Bonchev–Trinajstić information content (AvgIpc) is 2.29. The molecule has 0 aliphatic carbocycles. The molecule has 0 amide bonds. The fourth-order valence-electron chi connectivity index (χ4n) is 1.95. The van der Waals surface area contributed by atoms with E-state index in [4.69, 9.17) is 10.5 Å². The quantitative estimate of drug-likeness (QED) is 0.817. The van der Waals surface area contributed by atoms with Crippen LogP contribution < -0.4 is 10.5 Å². The van der Waals surface area contributed by atoms with Gasteiger partial charge in [0, 0.05) is 0 Å². The van der Waals surface area contributed by atoms with Gasteiger partial charge in [-0.1, -0.05) is 35.9 Å². The topological polar surface area (TPSA) is 35.2 Å². The number of ether oxygens (including phenoxy) is 1. The Kier molecular flexibility index (Phi) is 3.33. The zero-order valence-electron chi connectivity index (χ0n) is 10.2. The van der Waals surface area contributed by atoms with Gasteiger partial charge in [-0.2, -0.15) is 0 Å². The summed E-state index contributed by atoms with van der Waals surface area (Å²) in [5, 5.41) is 0. The van der Waals surface area contributed by atoms with Crippen molar-refractivity contribution >= 4 is 5.69 Å². The summed E-state index contributed by atoms with van der Waals surface area (Å²) in [5.41, 5.74) is 10.4. The molecule has 0 aliphatic rings. The third kappa shape index (κ3) is 2.78. The van der Waals surface area contributed by atoms with E-state index < -0.39 is 0 Å². The van der Waals surface area contributed by atoms with Crippen LogP contribution in [0.4, 0.5) is 5.69 Å². The SMILES string of the molecule is COc1ccc(Cc2cccc(C)c2)cc1N. The van der Waals surface area contributed by atoms with Crippen molar-refractivity contribution in [3.8, 4) is 5.75 Å². The van der Waals surface area contributed by atoms with Gasteiger partial charge in [0.15, 0.2) is 0 Å². The molecule has 2 N–H and O–H groups in total. The van der Waals surface area contributed by atoms with Gasteiger partial charge in [0.2, 0.25) is 0 Å². The molecular formula is C15H17NO. The Balaban J connectivity index is 2.22. The van der Waals surface area contributed by atoms with Crippen molar-refractivity contribution < 1.29 is 4.74 Å². The molecule has 0 saturated heterocycles. The van der Waals surface area contributed by atoms with Gasteiger partial charge in [0.1, 0.15) is 5.75 Å². The largest absolute Gasteiger partial charge is 0.495 e. The lowest BCUT2D eigenvalue weighted by atomic mass is 10.0. The van der Waals surface area contributed by atoms with E-state index in [0.29, 0.717) is 5.69 Å². The van der Waals surface area contributed by atoms with Crippen molar-refractivity contribution in [2.45, 2.75) is 13.3 Å². The van der Waals surface area contributed by atoms with E-state index in [9.17, 15) is 0 Å². The first-order valence-electron chi connectivity index (χ1n) is 5.67. The number of benzene rings is 2. The summed E-state index contributed by atoms with van der Waals surface area (Å²) in [4.78, 5) is 0. The van der Waals surface area contributed by atoms with Crippen LogP contribution in [-0.4, -0.2) is 7.11 Å². The second-order valence-corrected chi connectivity index (χ2v) is 4.24. The highest BCUT2D eigenvalue weighted by Gasteiger charge is 2.02. The van der Waals surface area contributed by atoms with E-state index in [0.717, 1.165) is 12.2 Å². The molecule has 2 aromatic rings. The van der Waals surface area contributed by atoms with Crippen molar-refractivity contribution in [1.82, 2.24) is 0 Å². The summed E-state index contributed by atoms with van der Waals surface area (Å²) in [6, 6.07) is 14.5. The zero-order chi connectivity index (χ0) is 12.3. The minimum absolute atomic E-state index is 0.692. The lowest BCUT2D eigenvalue weighted by Crippen LogP contribution is -1.95. The van der Waals surface area contributed by atoms with E-state index in [2.05, 4.69) is 37.3 Å². The first-order chi connectivity index (χ1) is 8.19. The predicted octanol–water partition coefficient (Wildman–Crippen LogP) is 3.18. The molecule has 2 nitrogen and oxygen atoms in total. The summed E-state index contributed by atoms with van der Waals surface area (Å²) < 4.78 is 5.14. The van der Waals surface area contributed by atoms with Gasteiger partial charge in [-0.15, -0.1) is 0 Å². The molecule has 0 radical (unpaired) electrons. The van der Waals surface area contributed by atoms with E-state index >= 15 is 0 Å². The normalized spacial score (nSPS) is 10.2. The number of anilines is 1. The molecule has 0 atom stereocenters. The number of hydrogen-bond acceptors (Lipinski definition) is 2. The monoisotopic (exact) mass is 227 g/mol. The Morgan fingerprint density at radius 2 is 1.82 bits per heavy atom. The molecule has 0 bridgehead atoms. The van der Waals surface area contributed by atoms with E-state index in [-0.39, 0.29) is 0 Å². The highest BCUT2D eigenvalue weighted by atomic mass is 16.5. The van der Waals surface area contributed by atoms with Crippen molar-refractivity contribution in [2.24, 2.45) is 0 Å². The molecule has 0 unspecified atom stereocenters. The summed E-state index contributed by atoms with van der Waals surface area (Å²) in [5.74, 6) is 0.734. The van der Waals surface area contributed by atoms with Crippen molar-refractivity contribution in [3.63, 3.8) is 0 Å². The molecule has 88 valence electrons. The van der Waals surface area contributed by atoms with Gasteiger partial charge in [0.25, 0.3) is 0 Å². The Bertz CT molecular complexity index is 520. The van der Waals surface area contributed by atoms with Crippen LogP contribution in [-0.2, 0) is 6.42 Å². The minimum Gasteiger partial charge on any atom is -0.495 e. The van der Waals surface area contributed by atoms with Crippen molar-refractivity contribution in [1.29, 1.82) is 0 Å². The van der Waals surface area contributed by atoms with Gasteiger partial charge in [-0.3, -0.25) is 0 Å². The van der Waals surface area contributed by atoms with E-state index in [1.54, 1.807) is 7.11 Å². The van der Waals surface area contributed by atoms with Gasteiger partial charge in [-0.05, 0) is 36.6 Å². The number of methoxy groups -OCH3 is 1. The Morgan fingerprint density at radius 1 is 1.06 bits per heavy atom. The van der Waals surface area contributed by atoms with E-state index in [1.807, 2.05) is 12.1 Å². The van der Waals surface area contributed by atoms with Crippen LogP contribution in [0.3, 0.4) is 0 Å². The lowest BCUT2D eigenvalue weighted by Gasteiger charge is -2.07. The lowest BCUT2D eigenvalue weighted by molar-refractivity contribution is 0.417. The molecule has 0 saturated carbocycles. The number of aryl methyl sites for hydroxylation is 1. The summed E-state index contributed by atoms with van der Waals surface area (Å²) in [6.07, 6.45) is 0.899. The fourth-order valence-corrected chi connectivity index (χ4v) is 1.95. The fraction of sp³-hybridized carbons (Fsp3) is 0.200. The smallest absolute Gasteiger partial charge is 0.141 e. The number of hydrogen-bond donors (Lipinski definition) is 1. The van der Waals surface area contributed by atoms with Gasteiger partial charge in [0.05, 0.1) is 12.8 Å². The number of rotatable bonds is 3. The molecule has 0 aliphatic heterocycles. The first-order valence-corrected chi connectivity index (χ1v) is 5.67. The van der Waals surface area contributed by atoms with Crippen LogP contribution in [0, 0.1) is 6.92 Å². The minimum atomic E-state index is 0.692. The van der Waals surface area contributed by atoms with Gasteiger partial charge >= 0.3 is 0 Å². The molecule has 2 aromatic carbocycles. The van der Waals surface area contributed by atoms with Crippen LogP contribution in [0.5, 0.6) is 5.75 Å². The highest BCUT2D eigenvalue weighted by Crippen LogP contribution is 2.23. The van der Waals surface area contributed by atoms with Crippen molar-refractivity contribution in [2.75, 3.05) is 12.8 Å². The average molecular weight is 227 g/mol. The van der Waals surface area contributed by atoms with Crippen LogP contribution in [0.15, 0.2) is 42.5 Å². The second kappa shape index (κ2) is 4.91. The first kappa shape index (κ1) is 11.5. The van der Waals surface area contributed by atoms with Gasteiger partial charge < -0.3 is 10.5 Å². The maximum Gasteiger partial charge on any atom is 0.141 e. The predicted molar refractivity (Wildman–Crippen MR) is 71.4 cm³/mol. The molecule has 0 fully saturated rings. The molecule has 17 heavy (non-hydrogen) atoms.